The average Bonchev–Trinajstić information content (AvgIpc) is 3.15. The predicted molar refractivity (Wildman–Crippen MR) is 148 cm³/mol. The van der Waals surface area contributed by atoms with Gasteiger partial charge in [0.15, 0.2) is 11.5 Å². The van der Waals surface area contributed by atoms with Gasteiger partial charge in [-0.2, -0.15) is 0 Å². The van der Waals surface area contributed by atoms with Gasteiger partial charge >= 0.3 is 0 Å². The van der Waals surface area contributed by atoms with Crippen LogP contribution in [0.5, 0.6) is 11.5 Å². The molecule has 0 radical (unpaired) electrons. The lowest BCUT2D eigenvalue weighted by Crippen LogP contribution is -2.36. The summed E-state index contributed by atoms with van der Waals surface area (Å²) in [6.45, 7) is 3.85. The van der Waals surface area contributed by atoms with E-state index in [1.165, 1.54) is 12.1 Å². The fraction of sp³-hybridized carbons (Fsp3) is 0.179. The number of non-ortho nitro benzene ring substituents is 1. The van der Waals surface area contributed by atoms with E-state index in [1.54, 1.807) is 54.6 Å². The summed E-state index contributed by atoms with van der Waals surface area (Å²) in [7, 11) is 0. The fourth-order valence-corrected chi connectivity index (χ4v) is 4.57. The normalized spacial score (nSPS) is 14.0. The number of nitrogens with one attached hydrogen (secondary N) is 1. The Morgan fingerprint density at radius 3 is 2.51 bits per heavy atom. The Labute approximate surface area is 228 Å². The van der Waals surface area contributed by atoms with Crippen molar-refractivity contribution in [3.8, 4) is 11.5 Å². The summed E-state index contributed by atoms with van der Waals surface area (Å²) >= 11 is 0.760. The second-order valence-corrected chi connectivity index (χ2v) is 9.53. The molecule has 1 heterocycles. The summed E-state index contributed by atoms with van der Waals surface area (Å²) in [5.74, 6) is -0.142. The summed E-state index contributed by atoms with van der Waals surface area (Å²) in [5, 5.41) is 13.0. The number of carbonyl (C=O) groups is 3. The van der Waals surface area contributed by atoms with E-state index in [9.17, 15) is 24.5 Å². The number of anilines is 1. The van der Waals surface area contributed by atoms with Crippen molar-refractivity contribution in [3.63, 3.8) is 0 Å². The Balaban J connectivity index is 1.43. The van der Waals surface area contributed by atoms with Crippen molar-refractivity contribution in [2.75, 3.05) is 18.5 Å². The van der Waals surface area contributed by atoms with E-state index < -0.39 is 28.5 Å². The molecule has 200 valence electrons. The van der Waals surface area contributed by atoms with E-state index in [0.29, 0.717) is 29.4 Å². The number of nitrogens with zero attached hydrogens (tertiary/aromatic N) is 2. The molecule has 0 atom stereocenters. The molecular formula is C28H25N3O7S. The summed E-state index contributed by atoms with van der Waals surface area (Å²) < 4.78 is 11.6. The summed E-state index contributed by atoms with van der Waals surface area (Å²) in [4.78, 5) is 49.3. The van der Waals surface area contributed by atoms with Gasteiger partial charge in [0.1, 0.15) is 13.2 Å². The van der Waals surface area contributed by atoms with Gasteiger partial charge in [-0.3, -0.25) is 29.4 Å². The van der Waals surface area contributed by atoms with Crippen LogP contribution in [0.25, 0.3) is 6.08 Å². The van der Waals surface area contributed by atoms with Gasteiger partial charge in [-0.15, -0.1) is 0 Å². The Kier molecular flexibility index (Phi) is 8.62. The number of aryl methyl sites for hydroxylation is 1. The first-order valence-electron chi connectivity index (χ1n) is 12.0. The van der Waals surface area contributed by atoms with Crippen LogP contribution in [0, 0.1) is 17.0 Å². The molecule has 3 amide bonds. The lowest BCUT2D eigenvalue weighted by Gasteiger charge is -2.13. The second kappa shape index (κ2) is 12.3. The van der Waals surface area contributed by atoms with Crippen LogP contribution in [-0.4, -0.2) is 40.0 Å². The smallest absolute Gasteiger partial charge is 0.294 e. The SMILES string of the molecule is CCOc1cc(/C=C2\SC(=O)N(CC(=O)Nc3cccc(C)c3)C2=O)ccc1OCc1ccc([N+](=O)[O-])cc1. The number of nitro benzene ring substituents is 1. The molecule has 0 saturated carbocycles. The molecule has 1 aliphatic rings. The van der Waals surface area contributed by atoms with E-state index in [0.717, 1.165) is 27.8 Å². The van der Waals surface area contributed by atoms with Crippen molar-refractivity contribution in [2.24, 2.45) is 0 Å². The lowest BCUT2D eigenvalue weighted by molar-refractivity contribution is -0.384. The van der Waals surface area contributed by atoms with Crippen molar-refractivity contribution >= 4 is 46.3 Å². The van der Waals surface area contributed by atoms with Gasteiger partial charge in [-0.1, -0.05) is 18.2 Å². The highest BCUT2D eigenvalue weighted by atomic mass is 32.2. The molecule has 0 aliphatic carbocycles. The average molecular weight is 548 g/mol. The third kappa shape index (κ3) is 7.02. The minimum absolute atomic E-state index is 0.00516. The number of benzene rings is 3. The molecule has 3 aromatic rings. The topological polar surface area (TPSA) is 128 Å². The summed E-state index contributed by atoms with van der Waals surface area (Å²) in [6.07, 6.45) is 1.56. The van der Waals surface area contributed by atoms with Gasteiger partial charge in [0, 0.05) is 17.8 Å². The summed E-state index contributed by atoms with van der Waals surface area (Å²) in [6, 6.07) is 18.3. The number of hydrogen-bond donors (Lipinski definition) is 1. The largest absolute Gasteiger partial charge is 0.490 e. The van der Waals surface area contributed by atoms with E-state index in [2.05, 4.69) is 5.32 Å². The number of ether oxygens (including phenoxy) is 2. The first-order chi connectivity index (χ1) is 18.7. The van der Waals surface area contributed by atoms with Crippen LogP contribution in [-0.2, 0) is 16.2 Å². The van der Waals surface area contributed by atoms with Crippen LogP contribution < -0.4 is 14.8 Å². The third-order valence-corrected chi connectivity index (χ3v) is 6.49. The van der Waals surface area contributed by atoms with E-state index in [-0.39, 0.29) is 17.2 Å². The molecule has 39 heavy (non-hydrogen) atoms. The highest BCUT2D eigenvalue weighted by Gasteiger charge is 2.36. The van der Waals surface area contributed by atoms with Crippen molar-refractivity contribution in [3.05, 3.63) is 98.4 Å². The maximum atomic E-state index is 12.9. The van der Waals surface area contributed by atoms with E-state index in [1.807, 2.05) is 19.9 Å². The molecule has 0 unspecified atom stereocenters. The number of rotatable bonds is 10. The van der Waals surface area contributed by atoms with Gasteiger partial charge in [-0.05, 0) is 84.8 Å². The van der Waals surface area contributed by atoms with Crippen LogP contribution in [0.2, 0.25) is 0 Å². The van der Waals surface area contributed by atoms with Crippen LogP contribution in [0.4, 0.5) is 16.2 Å². The molecule has 1 fully saturated rings. The molecule has 0 spiro atoms. The molecule has 1 aliphatic heterocycles. The summed E-state index contributed by atoms with van der Waals surface area (Å²) in [5.41, 5.74) is 2.90. The highest BCUT2D eigenvalue weighted by molar-refractivity contribution is 8.18. The maximum Gasteiger partial charge on any atom is 0.294 e. The number of amides is 3. The molecular weight excluding hydrogens is 522 g/mol. The minimum Gasteiger partial charge on any atom is -0.490 e. The van der Waals surface area contributed by atoms with Gasteiger partial charge < -0.3 is 14.8 Å². The van der Waals surface area contributed by atoms with Crippen LogP contribution in [0.1, 0.15) is 23.6 Å². The number of imide groups is 1. The van der Waals surface area contributed by atoms with E-state index >= 15 is 0 Å². The van der Waals surface area contributed by atoms with Crippen molar-refractivity contribution < 1.29 is 28.8 Å². The van der Waals surface area contributed by atoms with Crippen molar-refractivity contribution in [1.29, 1.82) is 0 Å². The maximum absolute atomic E-state index is 12.9. The Hall–Kier alpha value is -4.64. The minimum atomic E-state index is -0.555. The Bertz CT molecular complexity index is 1450. The highest BCUT2D eigenvalue weighted by Crippen LogP contribution is 2.35. The standard InChI is InChI=1S/C28H25N3O7S/c1-3-37-24-14-20(9-12-23(24)38-17-19-7-10-22(11-8-19)31(35)36)15-25-27(33)30(28(34)39-25)16-26(32)29-21-6-4-5-18(2)13-21/h4-15H,3,16-17H2,1-2H3,(H,29,32)/b25-15-. The number of carbonyl (C=O) groups excluding carboxylic acids is 3. The Morgan fingerprint density at radius 2 is 1.82 bits per heavy atom. The zero-order valence-electron chi connectivity index (χ0n) is 21.2. The third-order valence-electron chi connectivity index (χ3n) is 5.58. The zero-order valence-corrected chi connectivity index (χ0v) is 22.0. The fourth-order valence-electron chi connectivity index (χ4n) is 3.73. The lowest BCUT2D eigenvalue weighted by atomic mass is 10.1. The molecule has 0 aromatic heterocycles. The number of hydrogen-bond acceptors (Lipinski definition) is 8. The molecule has 3 aromatic carbocycles. The first-order valence-corrected chi connectivity index (χ1v) is 12.8. The predicted octanol–water partition coefficient (Wildman–Crippen LogP) is 5.56. The van der Waals surface area contributed by atoms with Gasteiger partial charge in [0.05, 0.1) is 16.4 Å². The van der Waals surface area contributed by atoms with Crippen LogP contribution >= 0.6 is 11.8 Å². The Morgan fingerprint density at radius 1 is 1.05 bits per heavy atom. The van der Waals surface area contributed by atoms with Crippen molar-refractivity contribution in [1.82, 2.24) is 4.90 Å². The number of thioether (sulfide) groups is 1. The van der Waals surface area contributed by atoms with Gasteiger partial charge in [-0.25, -0.2) is 0 Å². The van der Waals surface area contributed by atoms with E-state index in [4.69, 9.17) is 9.47 Å². The molecule has 0 bridgehead atoms. The van der Waals surface area contributed by atoms with Gasteiger partial charge in [0.2, 0.25) is 5.91 Å². The van der Waals surface area contributed by atoms with Gasteiger partial charge in [0.25, 0.3) is 16.8 Å². The quantitative estimate of drug-likeness (QED) is 0.199. The molecule has 4 rings (SSSR count). The molecule has 11 heteroatoms. The molecule has 1 N–H and O–H groups in total. The van der Waals surface area contributed by atoms with Crippen molar-refractivity contribution in [2.45, 2.75) is 20.5 Å². The first kappa shape index (κ1) is 27.4. The van der Waals surface area contributed by atoms with Crippen LogP contribution in [0.3, 0.4) is 0 Å². The second-order valence-electron chi connectivity index (χ2n) is 8.54. The zero-order chi connectivity index (χ0) is 27.9. The monoisotopic (exact) mass is 547 g/mol. The molecule has 10 nitrogen and oxygen atoms in total. The van der Waals surface area contributed by atoms with Crippen LogP contribution in [0.15, 0.2) is 71.6 Å². The molecule has 1 saturated heterocycles. The number of nitro groups is 1.